The van der Waals surface area contributed by atoms with Crippen LogP contribution in [0.25, 0.3) is 11.3 Å². The number of aromatic nitrogens is 3. The summed E-state index contributed by atoms with van der Waals surface area (Å²) in [5.41, 5.74) is 2.95. The molecule has 3 rings (SSSR count). The Balaban J connectivity index is 1.57. The molecule has 7 heteroatoms. The van der Waals surface area contributed by atoms with Gasteiger partial charge in [-0.1, -0.05) is 6.07 Å². The monoisotopic (exact) mass is 324 g/mol. The summed E-state index contributed by atoms with van der Waals surface area (Å²) in [6, 6.07) is 6.97. The van der Waals surface area contributed by atoms with Gasteiger partial charge in [0.15, 0.2) is 0 Å². The van der Waals surface area contributed by atoms with Crippen molar-refractivity contribution in [1.82, 2.24) is 19.9 Å². The van der Waals surface area contributed by atoms with E-state index in [1.165, 1.54) is 17.0 Å². The smallest absolute Gasteiger partial charge is 0.253 e. The van der Waals surface area contributed by atoms with Gasteiger partial charge in [0.05, 0.1) is 24.5 Å². The molecular weight excluding hydrogens is 308 g/mol. The first kappa shape index (κ1) is 15.7. The van der Waals surface area contributed by atoms with Gasteiger partial charge in [-0.05, 0) is 24.6 Å². The van der Waals surface area contributed by atoms with Gasteiger partial charge in [0.1, 0.15) is 6.54 Å². The second kappa shape index (κ2) is 6.91. The Bertz CT molecular complexity index is 883. The van der Waals surface area contributed by atoms with E-state index in [4.69, 9.17) is 4.42 Å². The normalized spacial score (nSPS) is 10.5. The lowest BCUT2D eigenvalue weighted by molar-refractivity contribution is -0.121. The minimum atomic E-state index is -0.262. The number of carbonyl (C=O) groups excluding carboxylic acids is 1. The number of nitrogens with one attached hydrogen (secondary N) is 1. The highest BCUT2D eigenvalue weighted by Gasteiger charge is 2.06. The van der Waals surface area contributed by atoms with Crippen molar-refractivity contribution >= 4 is 5.91 Å². The molecule has 0 saturated heterocycles. The molecule has 122 valence electrons. The molecule has 0 unspecified atom stereocenters. The molecule has 0 aliphatic rings. The van der Waals surface area contributed by atoms with Gasteiger partial charge in [0.25, 0.3) is 5.56 Å². The number of hydrogen-bond donors (Lipinski definition) is 1. The van der Waals surface area contributed by atoms with Crippen molar-refractivity contribution in [3.8, 4) is 11.3 Å². The molecule has 3 aromatic heterocycles. The van der Waals surface area contributed by atoms with E-state index in [9.17, 15) is 9.59 Å². The first-order valence-corrected chi connectivity index (χ1v) is 7.39. The van der Waals surface area contributed by atoms with E-state index in [1.807, 2.05) is 18.2 Å². The fourth-order valence-electron chi connectivity index (χ4n) is 2.16. The van der Waals surface area contributed by atoms with Crippen molar-refractivity contribution in [3.63, 3.8) is 0 Å². The molecule has 0 aromatic carbocycles. The summed E-state index contributed by atoms with van der Waals surface area (Å²) in [4.78, 5) is 32.0. The number of rotatable bonds is 5. The third-order valence-electron chi connectivity index (χ3n) is 3.46. The fraction of sp³-hybridized carbons (Fsp3) is 0.176. The Labute approximate surface area is 138 Å². The summed E-state index contributed by atoms with van der Waals surface area (Å²) >= 11 is 0. The molecular formula is C17H16N4O3. The number of nitrogens with zero attached hydrogens (tertiary/aromatic N) is 3. The summed E-state index contributed by atoms with van der Waals surface area (Å²) in [5.74, 6) is -0.262. The molecule has 3 heterocycles. The average molecular weight is 324 g/mol. The number of pyridine rings is 1. The van der Waals surface area contributed by atoms with Crippen LogP contribution in [0.5, 0.6) is 0 Å². The Morgan fingerprint density at radius 2 is 2.17 bits per heavy atom. The van der Waals surface area contributed by atoms with E-state index in [-0.39, 0.29) is 18.0 Å². The van der Waals surface area contributed by atoms with Crippen molar-refractivity contribution < 1.29 is 9.21 Å². The van der Waals surface area contributed by atoms with Gasteiger partial charge in [0, 0.05) is 30.1 Å². The molecule has 3 aromatic rings. The van der Waals surface area contributed by atoms with E-state index in [0.29, 0.717) is 12.2 Å². The minimum absolute atomic E-state index is 0.0629. The summed E-state index contributed by atoms with van der Waals surface area (Å²) in [6.07, 6.45) is 6.28. The number of furan rings is 1. The van der Waals surface area contributed by atoms with Gasteiger partial charge >= 0.3 is 0 Å². The van der Waals surface area contributed by atoms with Crippen LogP contribution >= 0.6 is 0 Å². The lowest BCUT2D eigenvalue weighted by atomic mass is 10.2. The zero-order valence-corrected chi connectivity index (χ0v) is 13.1. The molecule has 0 saturated carbocycles. The molecule has 1 amide bonds. The number of aryl methyl sites for hydroxylation is 1. The van der Waals surface area contributed by atoms with Crippen LogP contribution in [-0.4, -0.2) is 20.4 Å². The topological polar surface area (TPSA) is 90.0 Å². The highest BCUT2D eigenvalue weighted by atomic mass is 16.3. The lowest BCUT2D eigenvalue weighted by Gasteiger charge is -2.07. The van der Waals surface area contributed by atoms with E-state index in [1.54, 1.807) is 25.6 Å². The van der Waals surface area contributed by atoms with Crippen molar-refractivity contribution in [1.29, 1.82) is 0 Å². The summed E-state index contributed by atoms with van der Waals surface area (Å²) in [7, 11) is 0. The number of carbonyl (C=O) groups is 1. The number of hydrogen-bond acceptors (Lipinski definition) is 5. The molecule has 0 bridgehead atoms. The van der Waals surface area contributed by atoms with E-state index < -0.39 is 0 Å². The minimum Gasteiger partial charge on any atom is -0.472 e. The molecule has 0 radical (unpaired) electrons. The quantitative estimate of drug-likeness (QED) is 0.768. The van der Waals surface area contributed by atoms with Gasteiger partial charge in [-0.25, -0.2) is 4.98 Å². The van der Waals surface area contributed by atoms with Gasteiger partial charge in [-0.15, -0.1) is 0 Å². The van der Waals surface area contributed by atoms with Crippen molar-refractivity contribution in [2.45, 2.75) is 20.0 Å². The second-order valence-corrected chi connectivity index (χ2v) is 5.34. The fourth-order valence-corrected chi connectivity index (χ4v) is 2.16. The molecule has 0 fully saturated rings. The summed E-state index contributed by atoms with van der Waals surface area (Å²) in [5, 5.41) is 2.76. The summed E-state index contributed by atoms with van der Waals surface area (Å²) in [6.45, 7) is 2.00. The van der Waals surface area contributed by atoms with Gasteiger partial charge in [-0.2, -0.15) is 0 Å². The number of amides is 1. The second-order valence-electron chi connectivity index (χ2n) is 5.34. The molecule has 0 aliphatic carbocycles. The van der Waals surface area contributed by atoms with Crippen LogP contribution in [0.15, 0.2) is 58.5 Å². The van der Waals surface area contributed by atoms with Crippen molar-refractivity contribution in [2.24, 2.45) is 0 Å². The predicted molar refractivity (Wildman–Crippen MR) is 87.0 cm³/mol. The maximum absolute atomic E-state index is 11.9. The van der Waals surface area contributed by atoms with Crippen LogP contribution in [0.1, 0.15) is 11.3 Å². The zero-order valence-electron chi connectivity index (χ0n) is 13.1. The van der Waals surface area contributed by atoms with Crippen LogP contribution in [0.2, 0.25) is 0 Å². The molecule has 0 spiro atoms. The summed E-state index contributed by atoms with van der Waals surface area (Å²) < 4.78 is 6.29. The largest absolute Gasteiger partial charge is 0.472 e. The Morgan fingerprint density at radius 3 is 2.83 bits per heavy atom. The SMILES string of the molecule is Cc1cc(=O)n(CC(=O)NCc2ccc(-c3ccoc3)nc2)cn1. The average Bonchev–Trinajstić information content (AvgIpc) is 3.11. The highest BCUT2D eigenvalue weighted by molar-refractivity contribution is 5.75. The molecule has 1 N–H and O–H groups in total. The lowest BCUT2D eigenvalue weighted by Crippen LogP contribution is -2.32. The van der Waals surface area contributed by atoms with Crippen LogP contribution in [0.4, 0.5) is 0 Å². The molecule has 0 atom stereocenters. The zero-order chi connectivity index (χ0) is 16.9. The van der Waals surface area contributed by atoms with Gasteiger partial charge < -0.3 is 9.73 Å². The Morgan fingerprint density at radius 1 is 1.29 bits per heavy atom. The first-order chi connectivity index (χ1) is 11.6. The third kappa shape index (κ3) is 3.75. The first-order valence-electron chi connectivity index (χ1n) is 7.39. The predicted octanol–water partition coefficient (Wildman–Crippen LogP) is 1.52. The van der Waals surface area contributed by atoms with Crippen LogP contribution in [0, 0.1) is 6.92 Å². The van der Waals surface area contributed by atoms with E-state index >= 15 is 0 Å². The van der Waals surface area contributed by atoms with Crippen molar-refractivity contribution in [3.05, 3.63) is 70.9 Å². The highest BCUT2D eigenvalue weighted by Crippen LogP contribution is 2.16. The molecule has 24 heavy (non-hydrogen) atoms. The maximum Gasteiger partial charge on any atom is 0.253 e. The standard InChI is InChI=1S/C17H16N4O3/c1-12-6-17(23)21(11-20-12)9-16(22)19-8-13-2-3-15(18-7-13)14-4-5-24-10-14/h2-7,10-11H,8-9H2,1H3,(H,19,22). The molecule has 7 nitrogen and oxygen atoms in total. The van der Waals surface area contributed by atoms with Gasteiger partial charge in [-0.3, -0.25) is 19.1 Å². The Kier molecular flexibility index (Phi) is 4.51. The maximum atomic E-state index is 11.9. The Hall–Kier alpha value is -3.22. The third-order valence-corrected chi connectivity index (χ3v) is 3.46. The van der Waals surface area contributed by atoms with E-state index in [2.05, 4.69) is 15.3 Å². The van der Waals surface area contributed by atoms with Gasteiger partial charge in [0.2, 0.25) is 5.91 Å². The van der Waals surface area contributed by atoms with Crippen molar-refractivity contribution in [2.75, 3.05) is 0 Å². The van der Waals surface area contributed by atoms with Crippen LogP contribution in [-0.2, 0) is 17.9 Å². The van der Waals surface area contributed by atoms with Crippen LogP contribution in [0.3, 0.4) is 0 Å². The molecule has 0 aliphatic heterocycles. The van der Waals surface area contributed by atoms with Crippen LogP contribution < -0.4 is 10.9 Å². The van der Waals surface area contributed by atoms with E-state index in [0.717, 1.165) is 16.8 Å².